The van der Waals surface area contributed by atoms with Gasteiger partial charge in [0, 0.05) is 48.2 Å². The second-order valence-corrected chi connectivity index (χ2v) is 6.53. The number of nitrogens with one attached hydrogen (secondary N) is 2. The molecule has 1 aliphatic heterocycles. The van der Waals surface area contributed by atoms with Crippen molar-refractivity contribution >= 4 is 28.3 Å². The first-order valence-corrected chi connectivity index (χ1v) is 8.71. The van der Waals surface area contributed by atoms with Gasteiger partial charge >= 0.3 is 6.03 Å². The van der Waals surface area contributed by atoms with Gasteiger partial charge in [-0.15, -0.1) is 0 Å². The van der Waals surface area contributed by atoms with Gasteiger partial charge in [0.1, 0.15) is 11.6 Å². The number of rotatable bonds is 3. The van der Waals surface area contributed by atoms with Gasteiger partial charge in [-0.25, -0.2) is 13.6 Å². The van der Waals surface area contributed by atoms with Crippen LogP contribution >= 0.6 is 0 Å². The summed E-state index contributed by atoms with van der Waals surface area (Å²) in [5.41, 5.74) is 2.12. The average molecular weight is 368 g/mol. The molecule has 2 amide bonds. The number of hydrogen-bond acceptors (Lipinski definition) is 3. The number of carbonyl (C=O) groups is 1. The standard InChI is InChI=1S/C20H18F2N4O/c21-13-1-4-15(5-2-13)24-20(27)25-16-8-10-26(12-16)19-7-9-23-18-11-14(22)3-6-17(18)19/h1-7,9,11,16H,8,10,12H2,(H2,24,25,27). The highest BCUT2D eigenvalue weighted by Crippen LogP contribution is 2.28. The van der Waals surface area contributed by atoms with E-state index in [-0.39, 0.29) is 23.7 Å². The molecule has 0 radical (unpaired) electrons. The number of carbonyl (C=O) groups excluding carboxylic acids is 1. The van der Waals surface area contributed by atoms with E-state index in [1.165, 1.54) is 36.4 Å². The van der Waals surface area contributed by atoms with Crippen LogP contribution in [0, 0.1) is 11.6 Å². The maximum atomic E-state index is 13.4. The van der Waals surface area contributed by atoms with Gasteiger partial charge in [-0.1, -0.05) is 0 Å². The van der Waals surface area contributed by atoms with Crippen molar-refractivity contribution in [3.8, 4) is 0 Å². The van der Waals surface area contributed by atoms with Crippen molar-refractivity contribution in [1.29, 1.82) is 0 Å². The van der Waals surface area contributed by atoms with E-state index in [0.29, 0.717) is 17.7 Å². The minimum atomic E-state index is -0.350. The molecule has 1 aliphatic rings. The van der Waals surface area contributed by atoms with Gasteiger partial charge in [0.15, 0.2) is 0 Å². The van der Waals surface area contributed by atoms with E-state index in [1.807, 2.05) is 6.07 Å². The van der Waals surface area contributed by atoms with E-state index >= 15 is 0 Å². The summed E-state index contributed by atoms with van der Waals surface area (Å²) >= 11 is 0. The van der Waals surface area contributed by atoms with Gasteiger partial charge < -0.3 is 15.5 Å². The molecule has 3 aromatic rings. The smallest absolute Gasteiger partial charge is 0.319 e. The highest BCUT2D eigenvalue weighted by Gasteiger charge is 2.25. The summed E-state index contributed by atoms with van der Waals surface area (Å²) in [5, 5.41) is 6.52. The molecule has 2 N–H and O–H groups in total. The minimum Gasteiger partial charge on any atom is -0.369 e. The highest BCUT2D eigenvalue weighted by molar-refractivity contribution is 5.92. The molecule has 138 valence electrons. The molecule has 27 heavy (non-hydrogen) atoms. The number of amides is 2. The summed E-state index contributed by atoms with van der Waals surface area (Å²) in [6.45, 7) is 1.42. The van der Waals surface area contributed by atoms with E-state index in [0.717, 1.165) is 24.0 Å². The van der Waals surface area contributed by atoms with Crippen molar-refractivity contribution in [2.24, 2.45) is 0 Å². The average Bonchev–Trinajstić information content (AvgIpc) is 3.11. The molecule has 0 saturated carbocycles. The van der Waals surface area contributed by atoms with Gasteiger partial charge in [-0.3, -0.25) is 4.98 Å². The van der Waals surface area contributed by atoms with Crippen LogP contribution in [0.1, 0.15) is 6.42 Å². The first-order valence-electron chi connectivity index (χ1n) is 8.71. The Morgan fingerprint density at radius 3 is 2.67 bits per heavy atom. The zero-order chi connectivity index (χ0) is 18.8. The third-order valence-corrected chi connectivity index (χ3v) is 4.65. The molecule has 4 rings (SSSR count). The second-order valence-electron chi connectivity index (χ2n) is 6.53. The Morgan fingerprint density at radius 1 is 1.07 bits per heavy atom. The number of fused-ring (bicyclic) bond motifs is 1. The summed E-state index contributed by atoms with van der Waals surface area (Å²) < 4.78 is 26.4. The quantitative estimate of drug-likeness (QED) is 0.737. The van der Waals surface area contributed by atoms with Crippen LogP contribution in [0.5, 0.6) is 0 Å². The van der Waals surface area contributed by atoms with Crippen molar-refractivity contribution in [2.75, 3.05) is 23.3 Å². The predicted molar refractivity (Wildman–Crippen MR) is 101 cm³/mol. The molecule has 1 atom stereocenters. The summed E-state index contributed by atoms with van der Waals surface area (Å²) in [5.74, 6) is -0.664. The predicted octanol–water partition coefficient (Wildman–Crippen LogP) is 3.91. The zero-order valence-electron chi connectivity index (χ0n) is 14.5. The Hall–Kier alpha value is -3.22. The van der Waals surface area contributed by atoms with Crippen LogP contribution in [0.25, 0.3) is 10.9 Å². The van der Waals surface area contributed by atoms with Gasteiger partial charge in [0.05, 0.1) is 5.52 Å². The molecule has 0 spiro atoms. The first kappa shape index (κ1) is 17.2. The van der Waals surface area contributed by atoms with E-state index < -0.39 is 0 Å². The van der Waals surface area contributed by atoms with Gasteiger partial charge in [-0.05, 0) is 48.9 Å². The highest BCUT2D eigenvalue weighted by atomic mass is 19.1. The Kier molecular flexibility index (Phi) is 4.58. The SMILES string of the molecule is O=C(Nc1ccc(F)cc1)NC1CCN(c2ccnc3cc(F)ccc23)C1. The number of pyridine rings is 1. The number of urea groups is 1. The number of benzene rings is 2. The topological polar surface area (TPSA) is 57.3 Å². The van der Waals surface area contributed by atoms with Crippen LogP contribution in [-0.2, 0) is 0 Å². The molecular formula is C20H18F2N4O. The summed E-state index contributed by atoms with van der Waals surface area (Å²) in [4.78, 5) is 18.5. The lowest BCUT2D eigenvalue weighted by atomic mass is 10.1. The Labute approximate surface area is 155 Å². The lowest BCUT2D eigenvalue weighted by Crippen LogP contribution is -2.39. The fourth-order valence-corrected chi connectivity index (χ4v) is 3.36. The van der Waals surface area contributed by atoms with E-state index in [9.17, 15) is 13.6 Å². The van der Waals surface area contributed by atoms with Crippen LogP contribution in [-0.4, -0.2) is 30.1 Å². The van der Waals surface area contributed by atoms with Crippen LogP contribution in [0.15, 0.2) is 54.7 Å². The van der Waals surface area contributed by atoms with Gasteiger partial charge in [-0.2, -0.15) is 0 Å². The maximum absolute atomic E-state index is 13.4. The lowest BCUT2D eigenvalue weighted by Gasteiger charge is -2.21. The van der Waals surface area contributed by atoms with Gasteiger partial charge in [0.25, 0.3) is 0 Å². The molecule has 2 aromatic carbocycles. The summed E-state index contributed by atoms with van der Waals surface area (Å²) in [6.07, 6.45) is 2.46. The number of aromatic nitrogens is 1. The molecule has 1 aromatic heterocycles. The third-order valence-electron chi connectivity index (χ3n) is 4.65. The second kappa shape index (κ2) is 7.19. The first-order chi connectivity index (χ1) is 13.1. The van der Waals surface area contributed by atoms with Crippen LogP contribution in [0.2, 0.25) is 0 Å². The summed E-state index contributed by atoms with van der Waals surface area (Å²) in [6, 6.07) is 11.8. The normalized spacial score (nSPS) is 16.5. The maximum Gasteiger partial charge on any atom is 0.319 e. The third kappa shape index (κ3) is 3.81. The molecule has 0 bridgehead atoms. The van der Waals surface area contributed by atoms with Crippen molar-refractivity contribution in [1.82, 2.24) is 10.3 Å². The fraction of sp³-hybridized carbons (Fsp3) is 0.200. The fourth-order valence-electron chi connectivity index (χ4n) is 3.36. The molecule has 0 aliphatic carbocycles. The molecule has 1 unspecified atom stereocenters. The number of nitrogens with zero attached hydrogens (tertiary/aromatic N) is 2. The van der Waals surface area contributed by atoms with Crippen LogP contribution < -0.4 is 15.5 Å². The van der Waals surface area contributed by atoms with Gasteiger partial charge in [0.2, 0.25) is 0 Å². The molecular weight excluding hydrogens is 350 g/mol. The Bertz CT molecular complexity index is 977. The van der Waals surface area contributed by atoms with Crippen molar-refractivity contribution in [2.45, 2.75) is 12.5 Å². The van der Waals surface area contributed by atoms with Crippen molar-refractivity contribution in [3.63, 3.8) is 0 Å². The summed E-state index contributed by atoms with van der Waals surface area (Å²) in [7, 11) is 0. The Morgan fingerprint density at radius 2 is 1.85 bits per heavy atom. The number of hydrogen-bond donors (Lipinski definition) is 2. The molecule has 2 heterocycles. The number of halogens is 2. The lowest BCUT2D eigenvalue weighted by molar-refractivity contribution is 0.249. The minimum absolute atomic E-state index is 0.0193. The van der Waals surface area contributed by atoms with Crippen molar-refractivity contribution < 1.29 is 13.6 Å². The van der Waals surface area contributed by atoms with E-state index in [4.69, 9.17) is 0 Å². The van der Waals surface area contributed by atoms with Crippen molar-refractivity contribution in [3.05, 3.63) is 66.4 Å². The monoisotopic (exact) mass is 368 g/mol. The van der Waals surface area contributed by atoms with E-state index in [1.54, 1.807) is 12.3 Å². The van der Waals surface area contributed by atoms with Crippen LogP contribution in [0.4, 0.5) is 25.0 Å². The molecule has 7 heteroatoms. The molecule has 1 fully saturated rings. The largest absolute Gasteiger partial charge is 0.369 e. The van der Waals surface area contributed by atoms with Crippen LogP contribution in [0.3, 0.4) is 0 Å². The molecule has 1 saturated heterocycles. The van der Waals surface area contributed by atoms with E-state index in [2.05, 4.69) is 20.5 Å². The molecule has 5 nitrogen and oxygen atoms in total. The Balaban J connectivity index is 1.41. The zero-order valence-corrected chi connectivity index (χ0v) is 14.5. The number of anilines is 2.